The summed E-state index contributed by atoms with van der Waals surface area (Å²) in [5, 5.41) is 0. The number of hydrogen-bond acceptors (Lipinski definition) is 2. The van der Waals surface area contributed by atoms with E-state index in [1.54, 1.807) is 37.8 Å². The van der Waals surface area contributed by atoms with Crippen molar-refractivity contribution in [2.45, 2.75) is 68.2 Å². The Morgan fingerprint density at radius 3 is 1.35 bits per heavy atom. The first-order chi connectivity index (χ1) is 12.1. The number of thiophene rings is 2. The van der Waals surface area contributed by atoms with E-state index in [1.807, 2.05) is 0 Å². The summed E-state index contributed by atoms with van der Waals surface area (Å²) in [6.07, 6.45) is 7.97. The van der Waals surface area contributed by atoms with Crippen LogP contribution in [0.4, 0.5) is 0 Å². The van der Waals surface area contributed by atoms with Gasteiger partial charge in [0.15, 0.2) is 0 Å². The van der Waals surface area contributed by atoms with Crippen LogP contribution in [0, 0.1) is 0 Å². The molecule has 4 rings (SSSR count). The van der Waals surface area contributed by atoms with Crippen molar-refractivity contribution in [3.05, 3.63) is 33.0 Å². The van der Waals surface area contributed by atoms with Crippen molar-refractivity contribution >= 4 is 76.4 Å². The predicted molar refractivity (Wildman–Crippen MR) is 127 cm³/mol. The van der Waals surface area contributed by atoms with Gasteiger partial charge in [0.1, 0.15) is 0 Å². The molecule has 0 saturated heterocycles. The van der Waals surface area contributed by atoms with Crippen LogP contribution in [0.3, 0.4) is 0 Å². The molecule has 2 aliphatic rings. The van der Waals surface area contributed by atoms with Crippen LogP contribution >= 0.6 is 22.7 Å². The van der Waals surface area contributed by atoms with Crippen molar-refractivity contribution in [2.75, 3.05) is 0 Å². The monoisotopic (exact) mass is 600 g/mol. The Labute approximate surface area is 175 Å². The van der Waals surface area contributed by atoms with Crippen molar-refractivity contribution in [2.24, 2.45) is 0 Å². The molecule has 0 aliphatic heterocycles. The van der Waals surface area contributed by atoms with Gasteiger partial charge in [-0.1, -0.05) is 0 Å². The number of allylic oxidation sites excluding steroid dienone is 2. The molecule has 0 atom stereocenters. The molecule has 0 saturated carbocycles. The zero-order valence-corrected chi connectivity index (χ0v) is 24.6. The molecule has 0 amide bonds. The molecular weight excluding hydrogens is 566 g/mol. The van der Waals surface area contributed by atoms with Crippen LogP contribution in [-0.4, -0.2) is 36.8 Å². The third-order valence-electron chi connectivity index (χ3n) is 5.77. The summed E-state index contributed by atoms with van der Waals surface area (Å²) < 4.78 is 3.55. The van der Waals surface area contributed by atoms with Crippen LogP contribution in [-0.2, 0) is 12.8 Å². The minimum atomic E-state index is -1.97. The maximum atomic E-state index is 2.64. The van der Waals surface area contributed by atoms with Gasteiger partial charge in [-0.15, -0.1) is 0 Å². The average Bonchev–Trinajstić information content (AvgIpc) is 3.17. The summed E-state index contributed by atoms with van der Waals surface area (Å²) in [7, 11) is 0. The van der Waals surface area contributed by atoms with Gasteiger partial charge < -0.3 is 0 Å². The fourth-order valence-corrected chi connectivity index (χ4v) is 17.4. The Bertz CT molecular complexity index is 797. The summed E-state index contributed by atoms with van der Waals surface area (Å²) >= 11 is 0.399. The zero-order chi connectivity index (χ0) is 18.7. The van der Waals surface area contributed by atoms with Gasteiger partial charge in [0.05, 0.1) is 0 Å². The minimum absolute atomic E-state index is 1.31. The van der Waals surface area contributed by atoms with Crippen molar-refractivity contribution < 1.29 is 0 Å². The predicted octanol–water partition coefficient (Wildman–Crippen LogP) is 6.48. The number of fused-ring (bicyclic) bond motifs is 2. The fourth-order valence-electron chi connectivity index (χ4n) is 4.23. The van der Waals surface area contributed by atoms with Gasteiger partial charge in [0.2, 0.25) is 0 Å². The molecule has 2 aromatic rings. The molecule has 0 unspecified atom stereocenters. The Hall–Kier alpha value is 0.737. The number of hydrogen-bond donors (Lipinski definition) is 0. The van der Waals surface area contributed by atoms with Gasteiger partial charge in [-0.2, -0.15) is 0 Å². The van der Waals surface area contributed by atoms with Crippen LogP contribution < -0.4 is 5.79 Å². The molecule has 0 nitrogen and oxygen atoms in total. The first-order valence-electron chi connectivity index (χ1n) is 10.1. The van der Waals surface area contributed by atoms with E-state index in [9.17, 15) is 0 Å². The van der Waals surface area contributed by atoms with Crippen LogP contribution in [0.2, 0.25) is 29.6 Å². The van der Waals surface area contributed by atoms with Crippen molar-refractivity contribution in [1.82, 2.24) is 0 Å². The molecule has 26 heavy (non-hydrogen) atoms. The molecule has 0 spiro atoms. The van der Waals surface area contributed by atoms with E-state index < -0.39 is 36.8 Å². The molecule has 0 radical (unpaired) electrons. The molecule has 0 bridgehead atoms. The van der Waals surface area contributed by atoms with E-state index >= 15 is 0 Å². The second kappa shape index (κ2) is 7.21. The third kappa shape index (κ3) is 3.78. The average molecular weight is 598 g/mol. The summed E-state index contributed by atoms with van der Waals surface area (Å²) in [5.74, 6) is 0. The van der Waals surface area contributed by atoms with E-state index in [-0.39, 0.29) is 0 Å². The fraction of sp³-hybridized carbons (Fsp3) is 0.545. The van der Waals surface area contributed by atoms with Crippen LogP contribution in [0.5, 0.6) is 0 Å². The molecule has 2 aliphatic carbocycles. The van der Waals surface area contributed by atoms with Gasteiger partial charge >= 0.3 is 178 Å². The Kier molecular flexibility index (Phi) is 5.55. The number of rotatable bonds is 2. The van der Waals surface area contributed by atoms with Crippen molar-refractivity contribution in [1.29, 1.82) is 0 Å². The van der Waals surface area contributed by atoms with Gasteiger partial charge in [0.25, 0.3) is 0 Å². The second-order valence-electron chi connectivity index (χ2n) is 10.1. The molecular formula is C22H32S2Sn2. The summed E-state index contributed by atoms with van der Waals surface area (Å²) in [6.45, 7) is 0. The third-order valence-corrected chi connectivity index (χ3v) is 27.0. The van der Waals surface area contributed by atoms with Gasteiger partial charge in [-0.3, -0.25) is 0 Å². The maximum absolute atomic E-state index is 2.64. The van der Waals surface area contributed by atoms with E-state index in [4.69, 9.17) is 0 Å². The SMILES string of the molecule is [CH3][Sn]([CH3])([CH3])[c]1cc2c(s1)CCC/C2=C1/CCCc2s[c]([Sn]([CH3])([CH3])[CH3])cc21. The van der Waals surface area contributed by atoms with Crippen LogP contribution in [0.15, 0.2) is 12.1 Å². The molecule has 0 aromatic carbocycles. The van der Waals surface area contributed by atoms with Gasteiger partial charge in [-0.05, 0) is 0 Å². The first kappa shape index (κ1) is 20.0. The Morgan fingerprint density at radius 1 is 0.615 bits per heavy atom. The van der Waals surface area contributed by atoms with E-state index in [0.717, 1.165) is 0 Å². The molecule has 0 fully saturated rings. The number of aryl methyl sites for hydroxylation is 2. The standard InChI is InChI=1S/C16H14S2.6CH3.2Sn/c1-3-11(13-7-9-17-15(13)5-1)12-4-2-6-16-14(12)8-10-18-16;;;;;;;;/h7-8H,1-6H2;6*1H3;;/b12-11+;;;;;;;;. The summed E-state index contributed by atoms with van der Waals surface area (Å²) in [4.78, 5) is 18.8. The van der Waals surface area contributed by atoms with E-state index in [0.29, 0.717) is 0 Å². The van der Waals surface area contributed by atoms with Crippen molar-refractivity contribution in [3.63, 3.8) is 0 Å². The van der Waals surface area contributed by atoms with Gasteiger partial charge in [0, 0.05) is 0 Å². The Balaban J connectivity index is 1.86. The molecule has 4 heteroatoms. The van der Waals surface area contributed by atoms with E-state index in [2.05, 4.69) is 64.4 Å². The quantitative estimate of drug-likeness (QED) is 0.348. The summed E-state index contributed by atoms with van der Waals surface area (Å²) in [5.41, 5.74) is 6.80. The van der Waals surface area contributed by atoms with E-state index in [1.165, 1.54) is 38.5 Å². The second-order valence-corrected chi connectivity index (χ2v) is 43.2. The Morgan fingerprint density at radius 2 is 1.00 bits per heavy atom. The molecule has 2 heterocycles. The normalized spacial score (nSPS) is 20.8. The van der Waals surface area contributed by atoms with Crippen LogP contribution in [0.25, 0.3) is 11.1 Å². The molecule has 140 valence electrons. The first-order valence-corrected chi connectivity index (χ1v) is 31.7. The molecule has 2 aromatic heterocycles. The zero-order valence-electron chi connectivity index (χ0n) is 17.2. The van der Waals surface area contributed by atoms with Gasteiger partial charge in [-0.25, -0.2) is 0 Å². The molecule has 0 N–H and O–H groups in total. The van der Waals surface area contributed by atoms with Crippen molar-refractivity contribution in [3.8, 4) is 0 Å². The topological polar surface area (TPSA) is 0 Å². The van der Waals surface area contributed by atoms with Crippen LogP contribution in [0.1, 0.15) is 46.6 Å². The summed E-state index contributed by atoms with van der Waals surface area (Å²) in [6, 6.07) is 5.28.